The summed E-state index contributed by atoms with van der Waals surface area (Å²) >= 11 is 0. The van der Waals surface area contributed by atoms with E-state index in [2.05, 4.69) is 20.8 Å². The second-order valence-electron chi connectivity index (χ2n) is 11.7. The second kappa shape index (κ2) is 15.6. The van der Waals surface area contributed by atoms with Crippen molar-refractivity contribution in [1.29, 1.82) is 0 Å². The van der Waals surface area contributed by atoms with Crippen molar-refractivity contribution in [3.63, 3.8) is 0 Å². The number of nitro groups is 1. The van der Waals surface area contributed by atoms with Gasteiger partial charge in [-0.3, -0.25) is 25.0 Å². The molecule has 1 saturated heterocycles. The van der Waals surface area contributed by atoms with Gasteiger partial charge in [0.15, 0.2) is 4.90 Å². The first-order valence-electron chi connectivity index (χ1n) is 15.4. The Morgan fingerprint density at radius 3 is 2.40 bits per heavy atom. The van der Waals surface area contributed by atoms with E-state index >= 15 is 0 Å². The van der Waals surface area contributed by atoms with Crippen LogP contribution in [0.3, 0.4) is 0 Å². The Balaban J connectivity index is 1.60. The van der Waals surface area contributed by atoms with Crippen molar-refractivity contribution in [3.8, 4) is 11.4 Å². The number of rotatable bonds is 14. The average Bonchev–Trinajstić information content (AvgIpc) is 3.49. The molecule has 1 fully saturated rings. The number of amides is 2. The van der Waals surface area contributed by atoms with Crippen molar-refractivity contribution in [2.75, 3.05) is 51.2 Å². The number of aromatic nitrogens is 2. The molecule has 0 spiro atoms. The van der Waals surface area contributed by atoms with Gasteiger partial charge in [0.05, 0.1) is 18.0 Å². The summed E-state index contributed by atoms with van der Waals surface area (Å²) in [5, 5.41) is 21.9. The molecule has 47 heavy (non-hydrogen) atoms. The Morgan fingerprint density at radius 2 is 1.77 bits per heavy atom. The monoisotopic (exact) mass is 670 g/mol. The average molecular weight is 671 g/mol. The van der Waals surface area contributed by atoms with Gasteiger partial charge >= 0.3 is 0 Å². The minimum atomic E-state index is -4.34. The van der Waals surface area contributed by atoms with Crippen LogP contribution >= 0.6 is 0 Å². The minimum Gasteiger partial charge on any atom is -0.342 e. The molecule has 1 aliphatic rings. The van der Waals surface area contributed by atoms with E-state index in [1.54, 1.807) is 50.9 Å². The molecule has 2 heterocycles. The van der Waals surface area contributed by atoms with Gasteiger partial charge in [-0.05, 0) is 64.4 Å². The van der Waals surface area contributed by atoms with Crippen LogP contribution in [0.4, 0.5) is 11.4 Å². The first kappa shape index (κ1) is 35.6. The van der Waals surface area contributed by atoms with Gasteiger partial charge in [-0.15, -0.1) is 0 Å². The van der Waals surface area contributed by atoms with Crippen LogP contribution in [0, 0.1) is 24.0 Å². The van der Waals surface area contributed by atoms with E-state index in [1.807, 2.05) is 6.92 Å². The molecule has 2 amide bonds. The third kappa shape index (κ3) is 8.57. The number of nitrogens with zero attached hydrogens (tertiary/aromatic N) is 6. The summed E-state index contributed by atoms with van der Waals surface area (Å²) in [5.41, 5.74) is 1.26. The summed E-state index contributed by atoms with van der Waals surface area (Å²) in [7, 11) is -2.57. The van der Waals surface area contributed by atoms with E-state index in [-0.39, 0.29) is 38.1 Å². The van der Waals surface area contributed by atoms with Gasteiger partial charge in [0.1, 0.15) is 0 Å². The van der Waals surface area contributed by atoms with Gasteiger partial charge in [0.2, 0.25) is 33.6 Å². The van der Waals surface area contributed by atoms with Crippen molar-refractivity contribution >= 4 is 33.2 Å². The minimum absolute atomic E-state index is 0.0503. The summed E-state index contributed by atoms with van der Waals surface area (Å²) < 4.78 is 33.9. The number of hydrogen-bond acceptors (Lipinski definition) is 11. The lowest BCUT2D eigenvalue weighted by Gasteiger charge is -2.32. The molecule has 0 aliphatic carbocycles. The molecule has 0 radical (unpaired) electrons. The molecule has 0 unspecified atom stereocenters. The number of nitrogens with one attached hydrogen (secondary N) is 2. The molecule has 0 atom stereocenters. The number of benzene rings is 2. The maximum atomic E-state index is 13.9. The molecule has 0 saturated carbocycles. The van der Waals surface area contributed by atoms with Crippen LogP contribution in [0.1, 0.15) is 38.1 Å². The SMILES string of the molecule is Cc1nc(-c2ccc(C)c(N(CCN(C(C)C)S(=O)(=O)c3ccccc3[N+](=O)[O-])C(=O)CNCC(=O)N(C)C3CCNCC3)c2)no1. The molecule has 254 valence electrons. The number of carbonyl (C=O) groups excluding carboxylic acids is 2. The highest BCUT2D eigenvalue weighted by molar-refractivity contribution is 7.89. The van der Waals surface area contributed by atoms with Crippen molar-refractivity contribution in [1.82, 2.24) is 30.0 Å². The fraction of sp³-hybridized carbons (Fsp3) is 0.484. The topological polar surface area (TPSA) is 184 Å². The summed E-state index contributed by atoms with van der Waals surface area (Å²) in [4.78, 5) is 44.7. The zero-order valence-electron chi connectivity index (χ0n) is 27.3. The number of hydrogen-bond donors (Lipinski definition) is 2. The molecule has 2 aromatic carbocycles. The molecular formula is C31H42N8O7S. The third-order valence-electron chi connectivity index (χ3n) is 8.16. The summed E-state index contributed by atoms with van der Waals surface area (Å²) in [6, 6.07) is 10.0. The molecule has 0 bridgehead atoms. The molecule has 1 aromatic heterocycles. The van der Waals surface area contributed by atoms with Gasteiger partial charge < -0.3 is 19.6 Å². The lowest BCUT2D eigenvalue weighted by Crippen LogP contribution is -2.49. The fourth-order valence-electron chi connectivity index (χ4n) is 5.54. The molecule has 4 rings (SSSR count). The van der Waals surface area contributed by atoms with Crippen molar-refractivity contribution < 1.29 is 27.5 Å². The van der Waals surface area contributed by atoms with Gasteiger partial charge in [-0.25, -0.2) is 8.42 Å². The molecule has 2 N–H and O–H groups in total. The van der Waals surface area contributed by atoms with Gasteiger partial charge in [-0.2, -0.15) is 9.29 Å². The second-order valence-corrected chi connectivity index (χ2v) is 13.6. The number of nitro benzene ring substituents is 1. The normalized spacial score (nSPS) is 14.0. The quantitative estimate of drug-likeness (QED) is 0.190. The van der Waals surface area contributed by atoms with Crippen molar-refractivity contribution in [3.05, 3.63) is 64.0 Å². The maximum Gasteiger partial charge on any atom is 0.289 e. The first-order chi connectivity index (χ1) is 22.3. The van der Waals surface area contributed by atoms with E-state index in [9.17, 15) is 28.1 Å². The highest BCUT2D eigenvalue weighted by Gasteiger charge is 2.34. The predicted octanol–water partition coefficient (Wildman–Crippen LogP) is 2.49. The number of piperidine rings is 1. The molecule has 3 aromatic rings. The lowest BCUT2D eigenvalue weighted by atomic mass is 10.1. The van der Waals surface area contributed by atoms with E-state index in [0.29, 0.717) is 23.0 Å². The van der Waals surface area contributed by atoms with Crippen LogP contribution in [-0.4, -0.2) is 103 Å². The van der Waals surface area contributed by atoms with Crippen molar-refractivity contribution in [2.45, 2.75) is 57.5 Å². The highest BCUT2D eigenvalue weighted by atomic mass is 32.2. The third-order valence-corrected chi connectivity index (χ3v) is 10.3. The Labute approximate surface area is 274 Å². The van der Waals surface area contributed by atoms with E-state index in [4.69, 9.17) is 4.52 Å². The Kier molecular flexibility index (Phi) is 11.8. The molecular weight excluding hydrogens is 628 g/mol. The summed E-state index contributed by atoms with van der Waals surface area (Å²) in [5.74, 6) is 0.150. The Hall–Kier alpha value is -4.25. The van der Waals surface area contributed by atoms with Crippen LogP contribution in [0.25, 0.3) is 11.4 Å². The van der Waals surface area contributed by atoms with Crippen LogP contribution < -0.4 is 15.5 Å². The van der Waals surface area contributed by atoms with E-state index < -0.39 is 37.5 Å². The van der Waals surface area contributed by atoms with Gasteiger partial charge in [-0.1, -0.05) is 29.4 Å². The number of anilines is 1. The Bertz CT molecular complexity index is 1690. The molecule has 1 aliphatic heterocycles. The van der Waals surface area contributed by atoms with Gasteiger partial charge in [0, 0.05) is 56.5 Å². The smallest absolute Gasteiger partial charge is 0.289 e. The number of carbonyl (C=O) groups is 2. The zero-order chi connectivity index (χ0) is 34.3. The molecule has 16 heteroatoms. The van der Waals surface area contributed by atoms with Gasteiger partial charge in [0.25, 0.3) is 5.69 Å². The zero-order valence-corrected chi connectivity index (χ0v) is 28.1. The Morgan fingerprint density at radius 1 is 1.09 bits per heavy atom. The largest absolute Gasteiger partial charge is 0.342 e. The first-order valence-corrected chi connectivity index (χ1v) is 16.9. The summed E-state index contributed by atoms with van der Waals surface area (Å²) in [6.07, 6.45) is 1.71. The molecule has 15 nitrogen and oxygen atoms in total. The lowest BCUT2D eigenvalue weighted by molar-refractivity contribution is -0.387. The van der Waals surface area contributed by atoms with Crippen LogP contribution in [0.2, 0.25) is 0 Å². The number of likely N-dealkylation sites (N-methyl/N-ethyl adjacent to an activating group) is 1. The number of para-hydroxylation sites is 1. The van der Waals surface area contributed by atoms with E-state index in [1.165, 1.54) is 23.1 Å². The fourth-order valence-corrected chi connectivity index (χ4v) is 7.32. The highest BCUT2D eigenvalue weighted by Crippen LogP contribution is 2.30. The maximum absolute atomic E-state index is 13.9. The predicted molar refractivity (Wildman–Crippen MR) is 175 cm³/mol. The van der Waals surface area contributed by atoms with Crippen molar-refractivity contribution in [2.24, 2.45) is 0 Å². The van der Waals surface area contributed by atoms with Crippen LogP contribution in [-0.2, 0) is 19.6 Å². The number of aryl methyl sites for hydroxylation is 2. The number of sulfonamides is 1. The van der Waals surface area contributed by atoms with Crippen LogP contribution in [0.15, 0.2) is 51.9 Å². The standard InChI is InChI=1S/C31H42N8O7S/c1-21(2)38(47(44,45)28-9-7-6-8-26(28)39(42)43)17-16-37(27-18-24(11-10-22(27)3)31-34-23(4)46-35-31)30(41)20-33-19-29(40)36(5)25-12-14-32-15-13-25/h6-11,18,21,25,32-33H,12-17,19-20H2,1-5H3. The summed E-state index contributed by atoms with van der Waals surface area (Å²) in [6.45, 7) is 7.98. The van der Waals surface area contributed by atoms with E-state index in [0.717, 1.165) is 41.9 Å². The van der Waals surface area contributed by atoms with Crippen LogP contribution in [0.5, 0.6) is 0 Å².